The van der Waals surface area contributed by atoms with E-state index in [0.29, 0.717) is 53.2 Å². The molecule has 0 radical (unpaired) electrons. The van der Waals surface area contributed by atoms with Crippen molar-refractivity contribution in [3.8, 4) is 95.1 Å². The summed E-state index contributed by atoms with van der Waals surface area (Å²) in [5.74, 6) is 2.67. The maximum atomic E-state index is 13.4. The standard InChI is InChI=1S/C18H22N2.C18H23N.C17H17N3O.2C17H16N2.C17H21NO.C16H17F2N/c1-14(2)18-17(6-5-11-19-18)15-7-9-16(10-8-15)20-12-3-4-13-20;1-13(2)12-15-7-9-16(10-8-15)17-6-5-11-19-18(17)14(3)4;1-11(2)16-15(8-5-9-18-16)13-6-4-7-14(10-13)17-20-19-12(3)21-17;1-12(2)17-16(4-3-8-19-17)14-6-5-13-7-9-18-11-15(13)10-14;1-12(2)17-15(7-5-9-18-17)14-10-13-6-3-4-8-16(13)19-11-14;1-12(2)17-16(6-5-11-18-17)14-7-9-15(10-8-14)19-13(3)4;1-11(2)15-14(8-5-9-19-15)12-6-4-7-13(10-12)16(3,17)18/h5-11,14H,3-4,12-13H2,1-2H3;5-11,13-14H,12H2,1-4H3;4-11H,1-3H3;2*3-12H,1-2H3;5-13H,1-4H3;4-11H,1-3H3. The Morgan fingerprint density at radius 1 is 0.331 bits per heavy atom. The lowest BCUT2D eigenvalue weighted by molar-refractivity contribution is 0.0175. The van der Waals surface area contributed by atoms with Crippen molar-refractivity contribution in [1.29, 1.82) is 0 Å². The number of nitrogens with zero attached hydrogens (tertiary/aromatic N) is 12. The quantitative estimate of drug-likeness (QED) is 0.0666. The third kappa shape index (κ3) is 27.9. The molecule has 0 aliphatic carbocycles. The fourth-order valence-corrected chi connectivity index (χ4v) is 16.6. The van der Waals surface area contributed by atoms with Gasteiger partial charge in [-0.05, 0) is 234 Å². The molecule has 1 aliphatic heterocycles. The van der Waals surface area contributed by atoms with Crippen molar-refractivity contribution in [3.05, 3.63) is 380 Å². The van der Waals surface area contributed by atoms with Gasteiger partial charge in [0.05, 0.1) is 51.5 Å². The number of ether oxygens (including phenoxy) is 1. The molecule has 1 aliphatic rings. The van der Waals surface area contributed by atoms with E-state index in [1.54, 1.807) is 25.3 Å². The lowest BCUT2D eigenvalue weighted by Gasteiger charge is -2.18. The Morgan fingerprint density at radius 2 is 0.713 bits per heavy atom. The van der Waals surface area contributed by atoms with Crippen LogP contribution in [0.5, 0.6) is 5.75 Å². The van der Waals surface area contributed by atoms with E-state index in [1.165, 1.54) is 121 Å². The number of rotatable bonds is 21. The smallest absolute Gasteiger partial charge is 0.270 e. The van der Waals surface area contributed by atoms with Gasteiger partial charge >= 0.3 is 0 Å². The SMILES string of the molecule is CC(C)Cc1ccc(-c2cccnc2C(C)C)cc1.CC(C)Oc1ccc(-c2cccnc2C(C)C)cc1.CC(C)c1ncccc1-c1ccc(N2CCCC2)cc1.CC(C)c1ncccc1-c1ccc2ccncc2c1.CC(C)c1ncccc1-c1cccc(C(C)(F)F)c1.CC(C)c1ncccc1-c1cnc2ccccc2c1.Cc1nnc(-c2cccc(-c3cccnc3C(C)C)c2)o1. The minimum Gasteiger partial charge on any atom is -0.491 e. The zero-order valence-electron chi connectivity index (χ0n) is 82.8. The maximum absolute atomic E-state index is 13.4. The van der Waals surface area contributed by atoms with Gasteiger partial charge in [0.1, 0.15) is 5.75 Å². The van der Waals surface area contributed by atoms with Crippen LogP contribution in [-0.4, -0.2) is 74.2 Å². The molecule has 16 heteroatoms. The highest BCUT2D eigenvalue weighted by atomic mass is 19.3. The maximum Gasteiger partial charge on any atom is 0.270 e. The third-order valence-electron chi connectivity index (χ3n) is 23.3. The Kier molecular flexibility index (Phi) is 36.2. The predicted molar refractivity (Wildman–Crippen MR) is 560 cm³/mol. The van der Waals surface area contributed by atoms with Gasteiger partial charge in [-0.15, -0.1) is 10.2 Å². The first-order chi connectivity index (χ1) is 65.5. The van der Waals surface area contributed by atoms with Gasteiger partial charge in [-0.25, -0.2) is 8.78 Å². The molecular weight excluding hydrogens is 1680 g/mol. The average Bonchev–Trinajstić information content (AvgIpc) is 1.14. The van der Waals surface area contributed by atoms with Crippen LogP contribution in [0.4, 0.5) is 14.5 Å². The molecule has 10 aromatic heterocycles. The van der Waals surface area contributed by atoms with Crippen molar-refractivity contribution in [2.45, 2.75) is 211 Å². The highest BCUT2D eigenvalue weighted by molar-refractivity contribution is 5.88. The van der Waals surface area contributed by atoms with E-state index in [4.69, 9.17) is 9.15 Å². The normalized spacial score (nSPS) is 11.8. The van der Waals surface area contributed by atoms with Crippen LogP contribution in [0.1, 0.15) is 243 Å². The van der Waals surface area contributed by atoms with Crippen LogP contribution < -0.4 is 9.64 Å². The van der Waals surface area contributed by atoms with Gasteiger partial charge in [0, 0.05) is 161 Å². The molecule has 0 atom stereocenters. The van der Waals surface area contributed by atoms with E-state index in [-0.39, 0.29) is 17.6 Å². The van der Waals surface area contributed by atoms with Crippen molar-refractivity contribution < 1.29 is 17.9 Å². The first-order valence-corrected chi connectivity index (χ1v) is 47.9. The van der Waals surface area contributed by atoms with Gasteiger partial charge in [0.25, 0.3) is 5.92 Å². The summed E-state index contributed by atoms with van der Waals surface area (Å²) in [7, 11) is 0. The molecule has 0 N–H and O–H groups in total. The second kappa shape index (κ2) is 48.8. The van der Waals surface area contributed by atoms with E-state index in [1.807, 2.05) is 187 Å². The number of aryl methyl sites for hydroxylation is 1. The summed E-state index contributed by atoms with van der Waals surface area (Å²) in [6, 6.07) is 88.2. The Hall–Kier alpha value is -14.0. The summed E-state index contributed by atoms with van der Waals surface area (Å²) in [5, 5.41) is 11.5. The number of fused-ring (bicyclic) bond motifs is 2. The summed E-state index contributed by atoms with van der Waals surface area (Å²) in [4.78, 5) is 42.6. The highest BCUT2D eigenvalue weighted by Crippen LogP contribution is 2.39. The van der Waals surface area contributed by atoms with Crippen LogP contribution in [0.15, 0.2) is 327 Å². The van der Waals surface area contributed by atoms with Gasteiger partial charge in [0.15, 0.2) is 0 Å². The molecule has 0 bridgehead atoms. The molecule has 698 valence electrons. The van der Waals surface area contributed by atoms with Gasteiger partial charge in [-0.1, -0.05) is 262 Å². The van der Waals surface area contributed by atoms with Crippen LogP contribution in [0.25, 0.3) is 111 Å². The largest absolute Gasteiger partial charge is 0.491 e. The van der Waals surface area contributed by atoms with Crippen molar-refractivity contribution in [3.63, 3.8) is 0 Å². The number of pyridine rings is 9. The molecule has 136 heavy (non-hydrogen) atoms. The topological polar surface area (TPSA) is 167 Å². The molecule has 1 fully saturated rings. The van der Waals surface area contributed by atoms with Crippen molar-refractivity contribution >= 4 is 27.4 Å². The number of alkyl halides is 2. The number of benzene rings is 7. The Morgan fingerprint density at radius 3 is 1.13 bits per heavy atom. The van der Waals surface area contributed by atoms with E-state index in [2.05, 4.69) is 296 Å². The lowest BCUT2D eigenvalue weighted by atomic mass is 9.95. The van der Waals surface area contributed by atoms with Crippen molar-refractivity contribution in [1.82, 2.24) is 55.1 Å². The zero-order chi connectivity index (χ0) is 97.0. The third-order valence-corrected chi connectivity index (χ3v) is 23.3. The first kappa shape index (κ1) is 101. The molecule has 18 rings (SSSR count). The summed E-state index contributed by atoms with van der Waals surface area (Å²) in [6.07, 6.45) is 22.6. The van der Waals surface area contributed by atoms with Crippen LogP contribution in [0, 0.1) is 12.8 Å². The summed E-state index contributed by atoms with van der Waals surface area (Å²) >= 11 is 0. The van der Waals surface area contributed by atoms with E-state index in [0.717, 1.165) is 86.5 Å². The summed E-state index contributed by atoms with van der Waals surface area (Å²) in [6.45, 7) is 43.9. The Balaban J connectivity index is 0.000000143. The van der Waals surface area contributed by atoms with Gasteiger partial charge < -0.3 is 14.1 Å². The van der Waals surface area contributed by atoms with Crippen LogP contribution in [0.2, 0.25) is 0 Å². The minimum absolute atomic E-state index is 0.0311. The second-order valence-corrected chi connectivity index (χ2v) is 37.4. The number of halogens is 2. The van der Waals surface area contributed by atoms with Crippen LogP contribution in [0.3, 0.4) is 0 Å². The molecule has 7 aromatic carbocycles. The minimum atomic E-state index is -2.82. The number of para-hydroxylation sites is 1. The summed E-state index contributed by atoms with van der Waals surface area (Å²) in [5.41, 5.74) is 28.7. The highest BCUT2D eigenvalue weighted by Gasteiger charge is 2.26. The summed E-state index contributed by atoms with van der Waals surface area (Å²) < 4.78 is 38.0. The molecule has 0 saturated carbocycles. The van der Waals surface area contributed by atoms with Crippen LogP contribution >= 0.6 is 0 Å². The second-order valence-electron chi connectivity index (χ2n) is 37.4. The van der Waals surface area contributed by atoms with E-state index < -0.39 is 5.92 Å². The Labute approximate surface area is 805 Å². The van der Waals surface area contributed by atoms with E-state index in [9.17, 15) is 8.78 Å². The van der Waals surface area contributed by atoms with Gasteiger partial charge in [-0.3, -0.25) is 44.9 Å². The molecular formula is C120H132F2N12O2. The molecule has 14 nitrogen and oxygen atoms in total. The first-order valence-electron chi connectivity index (χ1n) is 47.9. The number of anilines is 1. The van der Waals surface area contributed by atoms with Crippen LogP contribution in [-0.2, 0) is 12.3 Å². The molecule has 0 amide bonds. The van der Waals surface area contributed by atoms with Gasteiger partial charge in [0.2, 0.25) is 11.8 Å². The zero-order valence-corrected chi connectivity index (χ0v) is 82.8. The van der Waals surface area contributed by atoms with E-state index >= 15 is 0 Å². The van der Waals surface area contributed by atoms with Crippen molar-refractivity contribution in [2.24, 2.45) is 5.92 Å². The fourth-order valence-electron chi connectivity index (χ4n) is 16.6. The monoisotopic (exact) mass is 1810 g/mol. The average molecular weight is 1810 g/mol. The van der Waals surface area contributed by atoms with Gasteiger partial charge in [-0.2, -0.15) is 0 Å². The van der Waals surface area contributed by atoms with Crippen molar-refractivity contribution in [2.75, 3.05) is 18.0 Å². The molecule has 17 aromatic rings. The lowest BCUT2D eigenvalue weighted by Crippen LogP contribution is -2.17. The predicted octanol–water partition coefficient (Wildman–Crippen LogP) is 32.3. The molecule has 0 spiro atoms. The fraction of sp³-hybridized carbons (Fsp3) is 0.292. The molecule has 0 unspecified atom stereocenters. The molecule has 11 heterocycles. The number of aromatic nitrogens is 11. The number of hydrogen-bond acceptors (Lipinski definition) is 14. The molecule has 1 saturated heterocycles. The Bertz CT molecular complexity index is 6400. The number of hydrogen-bond donors (Lipinski definition) is 0.